The normalized spacial score (nSPS) is 17.1. The van der Waals surface area contributed by atoms with Crippen molar-refractivity contribution in [2.75, 3.05) is 39.4 Å². The average Bonchev–Trinajstić information content (AvgIpc) is 3.12. The summed E-state index contributed by atoms with van der Waals surface area (Å²) in [5.41, 5.74) is 2.33. The van der Waals surface area contributed by atoms with Gasteiger partial charge in [-0.25, -0.2) is 0 Å². The Morgan fingerprint density at radius 1 is 1.07 bits per heavy atom. The van der Waals surface area contributed by atoms with Crippen LogP contribution in [0.25, 0.3) is 0 Å². The molecule has 27 heavy (non-hydrogen) atoms. The first-order valence-corrected chi connectivity index (χ1v) is 9.53. The Morgan fingerprint density at radius 3 is 2.59 bits per heavy atom. The van der Waals surface area contributed by atoms with Gasteiger partial charge in [-0.1, -0.05) is 6.07 Å². The van der Waals surface area contributed by atoms with E-state index < -0.39 is 0 Å². The number of carbonyl (C=O) groups excluding carboxylic acids is 1. The largest absolute Gasteiger partial charge is 0.486 e. The molecular formula is C20H26N4O3. The molecule has 7 heteroatoms. The lowest BCUT2D eigenvalue weighted by Gasteiger charge is -2.35. The number of fused-ring (bicyclic) bond motifs is 1. The molecule has 1 aromatic carbocycles. The van der Waals surface area contributed by atoms with Crippen molar-refractivity contribution in [2.45, 2.75) is 19.4 Å². The minimum atomic E-state index is 0.234. The Hall–Kier alpha value is -2.54. The predicted octanol–water partition coefficient (Wildman–Crippen LogP) is 1.47. The highest BCUT2D eigenvalue weighted by Gasteiger charge is 2.21. The molecule has 0 saturated carbocycles. The maximum atomic E-state index is 12.5. The molecule has 0 radical (unpaired) electrons. The molecule has 3 heterocycles. The average molecular weight is 370 g/mol. The Bertz CT molecular complexity index is 796. The minimum absolute atomic E-state index is 0.234. The van der Waals surface area contributed by atoms with E-state index >= 15 is 0 Å². The summed E-state index contributed by atoms with van der Waals surface area (Å²) in [5.74, 6) is 1.90. The minimum Gasteiger partial charge on any atom is -0.486 e. The van der Waals surface area contributed by atoms with Gasteiger partial charge >= 0.3 is 0 Å². The number of amides is 1. The second-order valence-corrected chi connectivity index (χ2v) is 7.16. The van der Waals surface area contributed by atoms with Crippen LogP contribution in [0.1, 0.15) is 17.5 Å². The zero-order chi connectivity index (χ0) is 18.6. The van der Waals surface area contributed by atoms with E-state index in [9.17, 15) is 4.79 Å². The van der Waals surface area contributed by atoms with Gasteiger partial charge < -0.3 is 14.4 Å². The zero-order valence-electron chi connectivity index (χ0n) is 15.8. The highest BCUT2D eigenvalue weighted by molar-refractivity contribution is 5.76. The molecule has 2 aliphatic heterocycles. The van der Waals surface area contributed by atoms with Crippen LogP contribution in [0.4, 0.5) is 0 Å². The van der Waals surface area contributed by atoms with Crippen molar-refractivity contribution in [2.24, 2.45) is 7.05 Å². The number of hydrogen-bond acceptors (Lipinski definition) is 5. The van der Waals surface area contributed by atoms with Crippen LogP contribution in [0, 0.1) is 0 Å². The van der Waals surface area contributed by atoms with Crippen molar-refractivity contribution in [1.82, 2.24) is 19.6 Å². The molecule has 1 fully saturated rings. The lowest BCUT2D eigenvalue weighted by atomic mass is 10.1. The van der Waals surface area contributed by atoms with E-state index in [1.807, 2.05) is 30.4 Å². The van der Waals surface area contributed by atoms with Crippen molar-refractivity contribution in [3.63, 3.8) is 0 Å². The number of rotatable bonds is 5. The quantitative estimate of drug-likeness (QED) is 0.798. The highest BCUT2D eigenvalue weighted by Crippen LogP contribution is 2.31. The molecule has 2 aliphatic rings. The van der Waals surface area contributed by atoms with Gasteiger partial charge in [0.1, 0.15) is 13.2 Å². The van der Waals surface area contributed by atoms with Crippen LogP contribution in [0.3, 0.4) is 0 Å². The van der Waals surface area contributed by atoms with E-state index in [0.29, 0.717) is 19.6 Å². The molecule has 1 aromatic heterocycles. The van der Waals surface area contributed by atoms with Gasteiger partial charge in [0.2, 0.25) is 5.91 Å². The first-order chi connectivity index (χ1) is 13.2. The summed E-state index contributed by atoms with van der Waals surface area (Å²) < 4.78 is 13.0. The van der Waals surface area contributed by atoms with E-state index in [-0.39, 0.29) is 5.91 Å². The third-order valence-corrected chi connectivity index (χ3v) is 5.12. The molecule has 0 atom stereocenters. The van der Waals surface area contributed by atoms with Crippen LogP contribution < -0.4 is 9.47 Å². The van der Waals surface area contributed by atoms with Crippen LogP contribution in [0.5, 0.6) is 11.5 Å². The maximum Gasteiger partial charge on any atom is 0.222 e. The second kappa shape index (κ2) is 8.00. The van der Waals surface area contributed by atoms with Gasteiger partial charge in [0, 0.05) is 52.4 Å². The molecule has 144 valence electrons. The Morgan fingerprint density at radius 2 is 1.85 bits per heavy atom. The Labute approximate surface area is 159 Å². The number of ether oxygens (including phenoxy) is 2. The van der Waals surface area contributed by atoms with E-state index in [1.165, 1.54) is 5.56 Å². The van der Waals surface area contributed by atoms with Crippen molar-refractivity contribution in [3.8, 4) is 11.5 Å². The van der Waals surface area contributed by atoms with Crippen molar-refractivity contribution in [1.29, 1.82) is 0 Å². The number of piperazine rings is 1. The van der Waals surface area contributed by atoms with Crippen LogP contribution >= 0.6 is 0 Å². The van der Waals surface area contributed by atoms with Crippen molar-refractivity contribution >= 4 is 5.91 Å². The summed E-state index contributed by atoms with van der Waals surface area (Å²) >= 11 is 0. The van der Waals surface area contributed by atoms with Crippen LogP contribution in [-0.4, -0.2) is 64.9 Å². The molecule has 2 aromatic rings. The summed E-state index contributed by atoms with van der Waals surface area (Å²) in [6.45, 7) is 5.46. The van der Waals surface area contributed by atoms with Crippen LogP contribution in [0.15, 0.2) is 30.6 Å². The predicted molar refractivity (Wildman–Crippen MR) is 101 cm³/mol. The van der Waals surface area contributed by atoms with Gasteiger partial charge in [0.15, 0.2) is 11.5 Å². The fourth-order valence-corrected chi connectivity index (χ4v) is 3.61. The van der Waals surface area contributed by atoms with E-state index in [1.54, 1.807) is 4.68 Å². The van der Waals surface area contributed by atoms with Crippen molar-refractivity contribution < 1.29 is 14.3 Å². The first kappa shape index (κ1) is 17.9. The lowest BCUT2D eigenvalue weighted by Crippen LogP contribution is -2.48. The first-order valence-electron chi connectivity index (χ1n) is 9.53. The molecule has 1 amide bonds. The van der Waals surface area contributed by atoms with Crippen molar-refractivity contribution in [3.05, 3.63) is 41.7 Å². The molecule has 0 aliphatic carbocycles. The van der Waals surface area contributed by atoms with Crippen LogP contribution in [-0.2, 0) is 24.8 Å². The van der Waals surface area contributed by atoms with E-state index in [4.69, 9.17) is 9.47 Å². The Balaban J connectivity index is 1.24. The molecule has 0 unspecified atom stereocenters. The molecule has 0 N–H and O–H groups in total. The number of benzene rings is 1. The standard InChI is InChI=1S/C20H26N4O3/c1-22-14-17(13-21-22)3-5-20(25)24-8-6-23(7-9-24)15-16-2-4-18-19(12-16)27-11-10-26-18/h2,4,12-14H,3,5-11,15H2,1H3. The molecular weight excluding hydrogens is 344 g/mol. The SMILES string of the molecule is Cn1cc(CCC(=O)N2CCN(Cc3ccc4c(c3)OCCO4)CC2)cn1. The fraction of sp³-hybridized carbons (Fsp3) is 0.500. The third-order valence-electron chi connectivity index (χ3n) is 5.12. The highest BCUT2D eigenvalue weighted by atomic mass is 16.6. The number of carbonyl (C=O) groups is 1. The van der Waals surface area contributed by atoms with Gasteiger partial charge in [-0.2, -0.15) is 5.10 Å². The lowest BCUT2D eigenvalue weighted by molar-refractivity contribution is -0.133. The maximum absolute atomic E-state index is 12.5. The third kappa shape index (κ3) is 4.42. The summed E-state index contributed by atoms with van der Waals surface area (Å²) in [5, 5.41) is 4.15. The molecule has 0 bridgehead atoms. The second-order valence-electron chi connectivity index (χ2n) is 7.16. The number of hydrogen-bond donors (Lipinski definition) is 0. The van der Waals surface area contributed by atoms with Gasteiger partial charge in [-0.05, 0) is 29.7 Å². The van der Waals surface area contributed by atoms with Gasteiger partial charge in [0.25, 0.3) is 0 Å². The van der Waals surface area contributed by atoms with Gasteiger partial charge in [0.05, 0.1) is 6.20 Å². The Kier molecular flexibility index (Phi) is 5.29. The molecule has 1 saturated heterocycles. The van der Waals surface area contributed by atoms with Gasteiger partial charge in [-0.15, -0.1) is 0 Å². The summed E-state index contributed by atoms with van der Waals surface area (Å²) in [6.07, 6.45) is 5.11. The molecule has 4 rings (SSSR count). The zero-order valence-corrected chi connectivity index (χ0v) is 15.8. The van der Waals surface area contributed by atoms with E-state index in [2.05, 4.69) is 22.1 Å². The monoisotopic (exact) mass is 370 g/mol. The van der Waals surface area contributed by atoms with Gasteiger partial charge in [-0.3, -0.25) is 14.4 Å². The number of aromatic nitrogens is 2. The van der Waals surface area contributed by atoms with Crippen LogP contribution in [0.2, 0.25) is 0 Å². The molecule has 0 spiro atoms. The fourth-order valence-electron chi connectivity index (χ4n) is 3.61. The molecule has 7 nitrogen and oxygen atoms in total. The topological polar surface area (TPSA) is 59.8 Å². The summed E-state index contributed by atoms with van der Waals surface area (Å²) in [7, 11) is 1.90. The summed E-state index contributed by atoms with van der Waals surface area (Å²) in [6, 6.07) is 6.15. The van der Waals surface area contributed by atoms with E-state index in [0.717, 1.165) is 56.2 Å². The number of aryl methyl sites for hydroxylation is 2. The smallest absolute Gasteiger partial charge is 0.222 e. The number of nitrogens with zero attached hydrogens (tertiary/aromatic N) is 4. The summed E-state index contributed by atoms with van der Waals surface area (Å²) in [4.78, 5) is 16.8.